The number of carbonyl (C=O) groups excluding carboxylic acids is 1. The smallest absolute Gasteiger partial charge is 0.228 e. The maximum Gasteiger partial charge on any atom is 0.228 e. The van der Waals surface area contributed by atoms with E-state index < -0.39 is 0 Å². The van der Waals surface area contributed by atoms with Crippen molar-refractivity contribution in [2.75, 3.05) is 5.32 Å². The normalized spacial score (nSPS) is 18.8. The minimum atomic E-state index is -0.258. The SMILES string of the molecule is Cn1ccnc1-c1cccc(NC(=O)C2CC2c2cccc(F)c2)c1. The summed E-state index contributed by atoms with van der Waals surface area (Å²) in [4.78, 5) is 16.8. The number of carbonyl (C=O) groups is 1. The minimum Gasteiger partial charge on any atom is -0.334 e. The third kappa shape index (κ3) is 3.18. The first-order valence-electron chi connectivity index (χ1n) is 8.26. The highest BCUT2D eigenvalue weighted by atomic mass is 19.1. The second-order valence-corrected chi connectivity index (χ2v) is 6.44. The second kappa shape index (κ2) is 6.16. The van der Waals surface area contributed by atoms with Crippen molar-refractivity contribution in [1.29, 1.82) is 0 Å². The Labute approximate surface area is 145 Å². The number of nitrogens with one attached hydrogen (secondary N) is 1. The van der Waals surface area contributed by atoms with E-state index in [-0.39, 0.29) is 23.6 Å². The lowest BCUT2D eigenvalue weighted by atomic mass is 10.1. The van der Waals surface area contributed by atoms with Gasteiger partial charge in [-0.2, -0.15) is 0 Å². The Morgan fingerprint density at radius 2 is 2.08 bits per heavy atom. The van der Waals surface area contributed by atoms with E-state index in [0.717, 1.165) is 29.1 Å². The molecule has 126 valence electrons. The summed E-state index contributed by atoms with van der Waals surface area (Å²) < 4.78 is 15.3. The van der Waals surface area contributed by atoms with Crippen LogP contribution in [0.3, 0.4) is 0 Å². The molecule has 4 nitrogen and oxygen atoms in total. The van der Waals surface area contributed by atoms with Gasteiger partial charge in [-0.15, -0.1) is 0 Å². The van der Waals surface area contributed by atoms with Gasteiger partial charge in [-0.3, -0.25) is 4.79 Å². The fourth-order valence-electron chi connectivity index (χ4n) is 3.21. The number of aryl methyl sites for hydroxylation is 1. The number of rotatable bonds is 4. The van der Waals surface area contributed by atoms with Crippen LogP contribution in [0.15, 0.2) is 60.9 Å². The molecule has 2 unspecified atom stereocenters. The molecule has 5 heteroatoms. The Morgan fingerprint density at radius 1 is 1.24 bits per heavy atom. The van der Waals surface area contributed by atoms with Crippen molar-refractivity contribution in [2.24, 2.45) is 13.0 Å². The number of imidazole rings is 1. The highest BCUT2D eigenvalue weighted by Gasteiger charge is 2.44. The number of hydrogen-bond donors (Lipinski definition) is 1. The van der Waals surface area contributed by atoms with Crippen molar-refractivity contribution in [3.63, 3.8) is 0 Å². The monoisotopic (exact) mass is 335 g/mol. The molecular weight excluding hydrogens is 317 g/mol. The van der Waals surface area contributed by atoms with Gasteiger partial charge in [-0.05, 0) is 42.2 Å². The van der Waals surface area contributed by atoms with E-state index in [0.29, 0.717) is 0 Å². The topological polar surface area (TPSA) is 46.9 Å². The quantitative estimate of drug-likeness (QED) is 0.784. The Morgan fingerprint density at radius 3 is 2.84 bits per heavy atom. The lowest BCUT2D eigenvalue weighted by Crippen LogP contribution is -2.14. The summed E-state index contributed by atoms with van der Waals surface area (Å²) in [5.74, 6) is 0.574. The summed E-state index contributed by atoms with van der Waals surface area (Å²) in [6, 6.07) is 14.1. The van der Waals surface area contributed by atoms with E-state index in [4.69, 9.17) is 0 Å². The van der Waals surface area contributed by atoms with Crippen LogP contribution in [0.4, 0.5) is 10.1 Å². The maximum atomic E-state index is 13.3. The van der Waals surface area contributed by atoms with Crippen LogP contribution in [0.25, 0.3) is 11.4 Å². The van der Waals surface area contributed by atoms with Crippen LogP contribution in [-0.2, 0) is 11.8 Å². The number of halogens is 1. The largest absolute Gasteiger partial charge is 0.334 e. The van der Waals surface area contributed by atoms with Gasteiger partial charge in [0, 0.05) is 36.6 Å². The number of anilines is 1. The molecule has 1 heterocycles. The summed E-state index contributed by atoms with van der Waals surface area (Å²) in [5, 5.41) is 2.97. The molecule has 2 aromatic carbocycles. The molecule has 0 aliphatic heterocycles. The van der Waals surface area contributed by atoms with Gasteiger partial charge < -0.3 is 9.88 Å². The van der Waals surface area contributed by atoms with E-state index in [1.807, 2.05) is 48.1 Å². The van der Waals surface area contributed by atoms with Crippen LogP contribution in [-0.4, -0.2) is 15.5 Å². The molecule has 25 heavy (non-hydrogen) atoms. The highest BCUT2D eigenvalue weighted by molar-refractivity contribution is 5.95. The summed E-state index contributed by atoms with van der Waals surface area (Å²) >= 11 is 0. The molecule has 2 atom stereocenters. The predicted octanol–water partition coefficient (Wildman–Crippen LogP) is 3.97. The van der Waals surface area contributed by atoms with Gasteiger partial charge in [0.25, 0.3) is 0 Å². The minimum absolute atomic E-state index is 0.0220. The standard InChI is InChI=1S/C20H18FN3O/c1-24-9-8-22-19(24)14-5-3-7-16(11-14)23-20(25)18-12-17(18)13-4-2-6-15(21)10-13/h2-11,17-18H,12H2,1H3,(H,23,25). The summed E-state index contributed by atoms with van der Waals surface area (Å²) in [7, 11) is 1.93. The molecule has 0 spiro atoms. The summed E-state index contributed by atoms with van der Waals surface area (Å²) in [6.07, 6.45) is 4.39. The highest BCUT2D eigenvalue weighted by Crippen LogP contribution is 2.48. The molecule has 0 bridgehead atoms. The van der Waals surface area contributed by atoms with Crippen molar-refractivity contribution in [3.05, 3.63) is 72.3 Å². The van der Waals surface area contributed by atoms with E-state index in [1.54, 1.807) is 12.3 Å². The van der Waals surface area contributed by atoms with Crippen molar-refractivity contribution >= 4 is 11.6 Å². The molecule has 1 fully saturated rings. The van der Waals surface area contributed by atoms with E-state index in [2.05, 4.69) is 10.3 Å². The Balaban J connectivity index is 1.46. The van der Waals surface area contributed by atoms with E-state index in [1.165, 1.54) is 12.1 Å². The molecule has 1 aromatic heterocycles. The van der Waals surface area contributed by atoms with Crippen LogP contribution in [0, 0.1) is 11.7 Å². The second-order valence-electron chi connectivity index (χ2n) is 6.44. The molecule has 0 saturated heterocycles. The van der Waals surface area contributed by atoms with Crippen molar-refractivity contribution in [2.45, 2.75) is 12.3 Å². The fraction of sp³-hybridized carbons (Fsp3) is 0.200. The first-order chi connectivity index (χ1) is 12.1. The average molecular weight is 335 g/mol. The van der Waals surface area contributed by atoms with E-state index >= 15 is 0 Å². The van der Waals surface area contributed by atoms with Gasteiger partial charge >= 0.3 is 0 Å². The van der Waals surface area contributed by atoms with Crippen LogP contribution < -0.4 is 5.32 Å². The number of hydrogen-bond acceptors (Lipinski definition) is 2. The molecule has 1 saturated carbocycles. The zero-order chi connectivity index (χ0) is 17.4. The van der Waals surface area contributed by atoms with Crippen molar-refractivity contribution in [1.82, 2.24) is 9.55 Å². The van der Waals surface area contributed by atoms with Gasteiger partial charge in [0.1, 0.15) is 11.6 Å². The Kier molecular flexibility index (Phi) is 3.84. The zero-order valence-corrected chi connectivity index (χ0v) is 13.8. The van der Waals surface area contributed by atoms with Crippen LogP contribution in [0.2, 0.25) is 0 Å². The summed E-state index contributed by atoms with van der Waals surface area (Å²) in [6.45, 7) is 0. The molecule has 1 N–H and O–H groups in total. The lowest BCUT2D eigenvalue weighted by molar-refractivity contribution is -0.117. The van der Waals surface area contributed by atoms with Crippen molar-refractivity contribution < 1.29 is 9.18 Å². The van der Waals surface area contributed by atoms with E-state index in [9.17, 15) is 9.18 Å². The first-order valence-corrected chi connectivity index (χ1v) is 8.26. The maximum absolute atomic E-state index is 13.3. The average Bonchev–Trinajstić information content (AvgIpc) is 3.30. The molecule has 1 aliphatic rings. The van der Waals surface area contributed by atoms with Crippen LogP contribution in [0.5, 0.6) is 0 Å². The summed E-state index contributed by atoms with van der Waals surface area (Å²) in [5.41, 5.74) is 2.58. The Hall–Kier alpha value is -2.95. The zero-order valence-electron chi connectivity index (χ0n) is 13.8. The molecular formula is C20H18FN3O. The molecule has 3 aromatic rings. The first kappa shape index (κ1) is 15.6. The third-order valence-electron chi connectivity index (χ3n) is 4.61. The fourth-order valence-corrected chi connectivity index (χ4v) is 3.21. The Bertz CT molecular complexity index is 934. The number of benzene rings is 2. The molecule has 4 rings (SSSR count). The molecule has 0 radical (unpaired) electrons. The third-order valence-corrected chi connectivity index (χ3v) is 4.61. The predicted molar refractivity (Wildman–Crippen MR) is 94.5 cm³/mol. The lowest BCUT2D eigenvalue weighted by Gasteiger charge is -2.08. The molecule has 1 amide bonds. The van der Waals surface area contributed by atoms with Gasteiger partial charge in [0.05, 0.1) is 0 Å². The van der Waals surface area contributed by atoms with Gasteiger partial charge in [-0.1, -0.05) is 24.3 Å². The van der Waals surface area contributed by atoms with Gasteiger partial charge in [0.2, 0.25) is 5.91 Å². The van der Waals surface area contributed by atoms with Gasteiger partial charge in [0.15, 0.2) is 0 Å². The molecule has 1 aliphatic carbocycles. The van der Waals surface area contributed by atoms with Gasteiger partial charge in [-0.25, -0.2) is 9.37 Å². The number of nitrogens with zero attached hydrogens (tertiary/aromatic N) is 2. The number of aromatic nitrogens is 2. The number of amides is 1. The van der Waals surface area contributed by atoms with Crippen LogP contribution >= 0.6 is 0 Å². The van der Waals surface area contributed by atoms with Crippen LogP contribution in [0.1, 0.15) is 17.9 Å². The van der Waals surface area contributed by atoms with Crippen molar-refractivity contribution in [3.8, 4) is 11.4 Å².